The number of nitrogens with zero attached hydrogens (tertiary/aromatic N) is 11. The van der Waals surface area contributed by atoms with E-state index in [9.17, 15) is 9.90 Å². The fraction of sp³-hybridized carbons (Fsp3) is 0.152. The van der Waals surface area contributed by atoms with Crippen molar-refractivity contribution in [2.75, 3.05) is 0 Å². The summed E-state index contributed by atoms with van der Waals surface area (Å²) in [6.45, 7) is 0.762. The lowest BCUT2D eigenvalue weighted by Gasteiger charge is -2.29. The van der Waals surface area contributed by atoms with Crippen LogP contribution < -0.4 is 0 Å². The Morgan fingerprint density at radius 2 is 1.37 bits per heavy atom. The van der Waals surface area contributed by atoms with Crippen LogP contribution >= 0.6 is 0 Å². The Labute approximate surface area is 262 Å². The van der Waals surface area contributed by atoms with E-state index in [1.165, 1.54) is 6.34 Å². The predicted molar refractivity (Wildman–Crippen MR) is 168 cm³/mol. The van der Waals surface area contributed by atoms with Crippen LogP contribution in [0.1, 0.15) is 34.4 Å². The van der Waals surface area contributed by atoms with Gasteiger partial charge in [0.2, 0.25) is 5.91 Å². The fourth-order valence-electron chi connectivity index (χ4n) is 6.19. The number of aromatic nitrogens is 8. The standard InChI is InChI=1S/C33H27N11O2/c45-20-25-1-7-26(8-2-25)33-17-29(46)42(19-24-5-11-28(12-6-24)44-16-14-38-40-44)32(33)35-21-34-31-30(33)36-22-41(31)18-23-3-9-27(10-4-23)43-15-13-37-39-43/h1-16,21-22,45H,17-20H2. The highest BCUT2D eigenvalue weighted by atomic mass is 16.3. The maximum Gasteiger partial charge on any atom is 0.230 e. The lowest BCUT2D eigenvalue weighted by atomic mass is 9.75. The molecule has 1 amide bonds. The van der Waals surface area contributed by atoms with Crippen LogP contribution in [0.2, 0.25) is 0 Å². The van der Waals surface area contributed by atoms with E-state index >= 15 is 0 Å². The predicted octanol–water partition coefficient (Wildman–Crippen LogP) is 3.38. The molecule has 3 aromatic carbocycles. The molecule has 1 atom stereocenters. The highest BCUT2D eigenvalue weighted by Gasteiger charge is 2.55. The van der Waals surface area contributed by atoms with Crippen LogP contribution in [-0.4, -0.2) is 67.6 Å². The van der Waals surface area contributed by atoms with Crippen molar-refractivity contribution in [2.45, 2.75) is 31.5 Å². The van der Waals surface area contributed by atoms with Crippen LogP contribution in [0.3, 0.4) is 0 Å². The number of fused-ring (bicyclic) bond motifs is 3. The van der Waals surface area contributed by atoms with Gasteiger partial charge < -0.3 is 9.67 Å². The molecular weight excluding hydrogens is 582 g/mol. The summed E-state index contributed by atoms with van der Waals surface area (Å²) >= 11 is 0. The Hall–Kier alpha value is -6.08. The van der Waals surface area contributed by atoms with Crippen LogP contribution in [0.4, 0.5) is 5.82 Å². The van der Waals surface area contributed by atoms with Gasteiger partial charge in [0.25, 0.3) is 0 Å². The monoisotopic (exact) mass is 609 g/mol. The van der Waals surface area contributed by atoms with E-state index in [4.69, 9.17) is 15.0 Å². The van der Waals surface area contributed by atoms with Crippen LogP contribution in [0.15, 0.2) is 114 Å². The normalized spacial score (nSPS) is 17.1. The van der Waals surface area contributed by atoms with Crippen molar-refractivity contribution in [3.8, 4) is 11.4 Å². The van der Waals surface area contributed by atoms with E-state index in [0.717, 1.165) is 33.6 Å². The highest BCUT2D eigenvalue weighted by Crippen LogP contribution is 2.47. The van der Waals surface area contributed by atoms with E-state index in [1.54, 1.807) is 45.4 Å². The average Bonchev–Trinajstić information content (AvgIpc) is 3.91. The summed E-state index contributed by atoms with van der Waals surface area (Å²) in [5.41, 5.74) is 5.08. The zero-order valence-corrected chi connectivity index (χ0v) is 24.5. The molecule has 13 nitrogen and oxygen atoms in total. The van der Waals surface area contributed by atoms with Gasteiger partial charge in [0.05, 0.1) is 62.2 Å². The van der Waals surface area contributed by atoms with Crippen molar-refractivity contribution in [1.82, 2.24) is 44.4 Å². The topological polar surface area (TPSA) is 144 Å². The van der Waals surface area contributed by atoms with E-state index in [0.29, 0.717) is 30.4 Å². The fourth-order valence-corrected chi connectivity index (χ4v) is 6.19. The van der Waals surface area contributed by atoms with Crippen LogP contribution in [0, 0.1) is 0 Å². The SMILES string of the molecule is O=C1CC2(c3ccc(CO)cc3)C(=NC=Nc3c2ncn3Cc2ccc(-n3ccnn3)cc2)N1Cc1ccc(-n2ccnn2)cc1. The Kier molecular flexibility index (Phi) is 6.64. The van der Waals surface area contributed by atoms with Gasteiger partial charge in [-0.3, -0.25) is 9.69 Å². The van der Waals surface area contributed by atoms with Crippen LogP contribution in [-0.2, 0) is 29.9 Å². The zero-order valence-electron chi connectivity index (χ0n) is 24.5. The van der Waals surface area contributed by atoms with Gasteiger partial charge in [-0.15, -0.1) is 10.2 Å². The molecule has 226 valence electrons. The molecule has 2 aliphatic rings. The molecule has 1 unspecified atom stereocenters. The maximum absolute atomic E-state index is 13.9. The maximum atomic E-state index is 13.9. The van der Waals surface area contributed by atoms with E-state index in [1.807, 2.05) is 77.4 Å². The van der Waals surface area contributed by atoms with Gasteiger partial charge in [-0.2, -0.15) is 0 Å². The second kappa shape index (κ2) is 11.1. The minimum absolute atomic E-state index is 0.0650. The summed E-state index contributed by atoms with van der Waals surface area (Å²) in [4.78, 5) is 30.2. The molecular formula is C33H27N11O2. The minimum Gasteiger partial charge on any atom is -0.392 e. The molecule has 1 saturated heterocycles. The zero-order chi connectivity index (χ0) is 31.1. The number of likely N-dealkylation sites (tertiary alicyclic amines) is 1. The molecule has 0 radical (unpaired) electrons. The van der Waals surface area contributed by atoms with Gasteiger partial charge in [-0.05, 0) is 46.5 Å². The molecule has 0 saturated carbocycles. The first-order valence-electron chi connectivity index (χ1n) is 14.7. The number of hydrogen-bond acceptors (Lipinski definition) is 9. The lowest BCUT2D eigenvalue weighted by Crippen LogP contribution is -2.39. The summed E-state index contributed by atoms with van der Waals surface area (Å²) in [7, 11) is 0. The largest absolute Gasteiger partial charge is 0.392 e. The number of hydrogen-bond donors (Lipinski definition) is 1. The van der Waals surface area contributed by atoms with Gasteiger partial charge in [-0.25, -0.2) is 24.3 Å². The van der Waals surface area contributed by atoms with Crippen molar-refractivity contribution in [3.63, 3.8) is 0 Å². The third-order valence-electron chi connectivity index (χ3n) is 8.50. The van der Waals surface area contributed by atoms with Crippen molar-refractivity contribution >= 4 is 23.9 Å². The molecule has 5 heterocycles. The number of aliphatic imine (C=N–C) groups is 2. The van der Waals surface area contributed by atoms with Gasteiger partial charge in [0.15, 0.2) is 5.82 Å². The van der Waals surface area contributed by atoms with Gasteiger partial charge in [-0.1, -0.05) is 59.0 Å². The molecule has 8 rings (SSSR count). The van der Waals surface area contributed by atoms with Gasteiger partial charge in [0.1, 0.15) is 23.3 Å². The van der Waals surface area contributed by atoms with E-state index < -0.39 is 5.41 Å². The molecule has 3 aromatic heterocycles. The number of aliphatic hydroxyl groups is 1. The van der Waals surface area contributed by atoms with Crippen molar-refractivity contribution < 1.29 is 9.90 Å². The molecule has 0 spiro atoms. The molecule has 0 bridgehead atoms. The van der Waals surface area contributed by atoms with Crippen LogP contribution in [0.5, 0.6) is 0 Å². The number of amidine groups is 1. The first-order valence-corrected chi connectivity index (χ1v) is 14.7. The minimum atomic E-state index is -0.972. The van der Waals surface area contributed by atoms with Crippen molar-refractivity contribution in [1.29, 1.82) is 0 Å². The quantitative estimate of drug-likeness (QED) is 0.279. The Morgan fingerprint density at radius 3 is 1.96 bits per heavy atom. The summed E-state index contributed by atoms with van der Waals surface area (Å²) in [5, 5.41) is 25.6. The van der Waals surface area contributed by atoms with Crippen molar-refractivity contribution in [2.24, 2.45) is 9.98 Å². The third kappa shape index (κ3) is 4.61. The number of aliphatic hydroxyl groups excluding tert-OH is 1. The summed E-state index contributed by atoms with van der Waals surface area (Å²) < 4.78 is 5.37. The molecule has 13 heteroatoms. The molecule has 46 heavy (non-hydrogen) atoms. The second-order valence-electron chi connectivity index (χ2n) is 11.2. The lowest BCUT2D eigenvalue weighted by molar-refractivity contribution is -0.126. The molecule has 0 aliphatic carbocycles. The molecule has 1 fully saturated rings. The Balaban J connectivity index is 1.16. The summed E-state index contributed by atoms with van der Waals surface area (Å²) in [5.74, 6) is 1.14. The van der Waals surface area contributed by atoms with Crippen molar-refractivity contribution in [3.05, 3.63) is 132 Å². The summed E-state index contributed by atoms with van der Waals surface area (Å²) in [6.07, 6.45) is 10.3. The second-order valence-corrected chi connectivity index (χ2v) is 11.2. The first-order chi connectivity index (χ1) is 22.6. The Bertz CT molecular complexity index is 2060. The summed E-state index contributed by atoms with van der Waals surface area (Å²) in [6, 6.07) is 23.5. The number of imidazole rings is 1. The molecule has 1 N–H and O–H groups in total. The van der Waals surface area contributed by atoms with E-state index in [2.05, 4.69) is 20.6 Å². The number of amides is 1. The smallest absolute Gasteiger partial charge is 0.230 e. The Morgan fingerprint density at radius 1 is 0.761 bits per heavy atom. The third-order valence-corrected chi connectivity index (χ3v) is 8.50. The average molecular weight is 610 g/mol. The highest BCUT2D eigenvalue weighted by molar-refractivity contribution is 6.16. The first kappa shape index (κ1) is 27.5. The molecule has 2 aliphatic heterocycles. The number of benzene rings is 3. The number of carbonyl (C=O) groups excluding carboxylic acids is 1. The number of rotatable bonds is 8. The number of carbonyl (C=O) groups is 1. The van der Waals surface area contributed by atoms with Crippen LogP contribution in [0.25, 0.3) is 11.4 Å². The van der Waals surface area contributed by atoms with E-state index in [-0.39, 0.29) is 18.9 Å². The van der Waals surface area contributed by atoms with Gasteiger partial charge in [0, 0.05) is 6.42 Å². The molecule has 6 aromatic rings. The van der Waals surface area contributed by atoms with Gasteiger partial charge >= 0.3 is 0 Å².